The Labute approximate surface area is 116 Å². The minimum atomic E-state index is -1.06. The predicted octanol–water partition coefficient (Wildman–Crippen LogP) is 1.23. The lowest BCUT2D eigenvalue weighted by Crippen LogP contribution is -2.32. The van der Waals surface area contributed by atoms with Gasteiger partial charge in [-0.25, -0.2) is 4.98 Å². The second-order valence-electron chi connectivity index (χ2n) is 4.54. The van der Waals surface area contributed by atoms with Crippen LogP contribution in [0.25, 0.3) is 0 Å². The maximum Gasteiger partial charge on any atom is 0.326 e. The molecule has 1 aliphatic rings. The molecule has 7 heteroatoms. The van der Waals surface area contributed by atoms with Crippen LogP contribution in [0, 0.1) is 0 Å². The molecule has 1 fully saturated rings. The molecule has 3 N–H and O–H groups in total. The van der Waals surface area contributed by atoms with Crippen LogP contribution in [0.3, 0.4) is 0 Å². The van der Waals surface area contributed by atoms with E-state index in [-0.39, 0.29) is 6.10 Å². The Balaban J connectivity index is 2.04. The van der Waals surface area contributed by atoms with Gasteiger partial charge in [-0.1, -0.05) is 0 Å². The number of nitrogens with zero attached hydrogens (tertiary/aromatic N) is 2. The van der Waals surface area contributed by atoms with Crippen LogP contribution in [0.2, 0.25) is 0 Å². The molecule has 1 aliphatic heterocycles. The summed E-state index contributed by atoms with van der Waals surface area (Å²) in [6.45, 7) is 4.49. The van der Waals surface area contributed by atoms with Gasteiger partial charge in [0.05, 0.1) is 11.8 Å². The highest BCUT2D eigenvalue weighted by Gasteiger charge is 2.22. The van der Waals surface area contributed by atoms with Gasteiger partial charge in [0.1, 0.15) is 6.04 Å². The molecule has 2 rings (SSSR count). The lowest BCUT2D eigenvalue weighted by atomic mass is 10.2. The average Bonchev–Trinajstić information content (AvgIpc) is 3.06. The zero-order chi connectivity index (χ0) is 13.8. The predicted molar refractivity (Wildman–Crippen MR) is 73.5 cm³/mol. The first-order chi connectivity index (χ1) is 9.11. The van der Waals surface area contributed by atoms with Gasteiger partial charge in [0.25, 0.3) is 0 Å². The molecule has 0 bridgehead atoms. The fourth-order valence-corrected chi connectivity index (χ4v) is 3.00. The maximum absolute atomic E-state index is 10.8. The number of likely N-dealkylation sites (N-methyl/N-ethyl adjacent to an activating group) is 1. The van der Waals surface area contributed by atoms with Gasteiger partial charge in [-0.2, -0.15) is 0 Å². The van der Waals surface area contributed by atoms with E-state index in [1.54, 1.807) is 5.38 Å². The van der Waals surface area contributed by atoms with E-state index in [2.05, 4.69) is 9.88 Å². The zero-order valence-electron chi connectivity index (χ0n) is 10.9. The number of aliphatic carboxylic acids is 1. The molecular formula is C12H19N3O3S. The Morgan fingerprint density at radius 1 is 1.79 bits per heavy atom. The van der Waals surface area contributed by atoms with E-state index in [0.717, 1.165) is 37.7 Å². The van der Waals surface area contributed by atoms with Crippen LogP contribution >= 0.6 is 11.3 Å². The summed E-state index contributed by atoms with van der Waals surface area (Å²) in [5, 5.41) is 11.4. The number of anilines is 1. The molecule has 2 heterocycles. The summed E-state index contributed by atoms with van der Waals surface area (Å²) < 4.78 is 5.62. The van der Waals surface area contributed by atoms with Crippen LogP contribution in [0.4, 0.5) is 5.13 Å². The molecule has 2 atom stereocenters. The zero-order valence-corrected chi connectivity index (χ0v) is 11.7. The molecule has 6 nitrogen and oxygen atoms in total. The van der Waals surface area contributed by atoms with Gasteiger partial charge >= 0.3 is 5.97 Å². The van der Waals surface area contributed by atoms with Crippen molar-refractivity contribution < 1.29 is 14.6 Å². The third-order valence-corrected chi connectivity index (χ3v) is 4.11. The van der Waals surface area contributed by atoms with Crippen molar-refractivity contribution in [1.82, 2.24) is 4.98 Å². The summed E-state index contributed by atoms with van der Waals surface area (Å²) in [6, 6.07) is -1.05. The van der Waals surface area contributed by atoms with E-state index in [1.165, 1.54) is 11.3 Å². The summed E-state index contributed by atoms with van der Waals surface area (Å²) in [4.78, 5) is 17.3. The van der Waals surface area contributed by atoms with Crippen LogP contribution in [0.1, 0.15) is 31.5 Å². The molecule has 0 radical (unpaired) electrons. The van der Waals surface area contributed by atoms with Crippen LogP contribution in [-0.4, -0.2) is 41.9 Å². The quantitative estimate of drug-likeness (QED) is 0.817. The Morgan fingerprint density at radius 2 is 2.58 bits per heavy atom. The molecule has 1 aromatic heterocycles. The van der Waals surface area contributed by atoms with E-state index < -0.39 is 12.0 Å². The van der Waals surface area contributed by atoms with Gasteiger partial charge in [0, 0.05) is 25.1 Å². The second kappa shape index (κ2) is 6.31. The van der Waals surface area contributed by atoms with Gasteiger partial charge in [-0.15, -0.1) is 11.3 Å². The Kier molecular flexibility index (Phi) is 4.73. The Bertz CT molecular complexity index is 432. The number of hydrogen-bond donors (Lipinski definition) is 2. The van der Waals surface area contributed by atoms with Crippen molar-refractivity contribution in [2.75, 3.05) is 24.6 Å². The van der Waals surface area contributed by atoms with Crippen molar-refractivity contribution in [2.24, 2.45) is 5.73 Å². The highest BCUT2D eigenvalue weighted by molar-refractivity contribution is 7.13. The van der Waals surface area contributed by atoms with Gasteiger partial charge in [-0.05, 0) is 19.8 Å². The SMILES string of the molecule is CCN(CC1CCCO1)c1nc(C(N)C(=O)O)cs1. The molecular weight excluding hydrogens is 266 g/mol. The van der Waals surface area contributed by atoms with E-state index in [1.807, 2.05) is 6.92 Å². The number of ether oxygens (including phenoxy) is 1. The van der Waals surface area contributed by atoms with Gasteiger partial charge < -0.3 is 20.5 Å². The van der Waals surface area contributed by atoms with Crippen molar-refractivity contribution in [2.45, 2.75) is 31.9 Å². The van der Waals surface area contributed by atoms with Gasteiger partial charge in [-0.3, -0.25) is 4.79 Å². The smallest absolute Gasteiger partial charge is 0.326 e. The van der Waals surface area contributed by atoms with Crippen LogP contribution in [0.5, 0.6) is 0 Å². The normalized spacial score (nSPS) is 20.4. The summed E-state index contributed by atoms with van der Waals surface area (Å²) in [5.74, 6) is -1.06. The topological polar surface area (TPSA) is 88.7 Å². The molecule has 0 aromatic carbocycles. The highest BCUT2D eigenvalue weighted by atomic mass is 32.1. The first-order valence-corrected chi connectivity index (χ1v) is 7.30. The molecule has 19 heavy (non-hydrogen) atoms. The molecule has 0 saturated carbocycles. The molecule has 1 saturated heterocycles. The lowest BCUT2D eigenvalue weighted by molar-refractivity contribution is -0.138. The summed E-state index contributed by atoms with van der Waals surface area (Å²) in [5.41, 5.74) is 5.97. The summed E-state index contributed by atoms with van der Waals surface area (Å²) in [7, 11) is 0. The number of carboxylic acid groups (broad SMARTS) is 1. The number of carbonyl (C=O) groups is 1. The monoisotopic (exact) mass is 285 g/mol. The van der Waals surface area contributed by atoms with Crippen LogP contribution in [-0.2, 0) is 9.53 Å². The van der Waals surface area contributed by atoms with Crippen molar-refractivity contribution in [1.29, 1.82) is 0 Å². The minimum absolute atomic E-state index is 0.250. The largest absolute Gasteiger partial charge is 0.480 e. The summed E-state index contributed by atoms with van der Waals surface area (Å²) in [6.07, 6.45) is 2.43. The van der Waals surface area contributed by atoms with Crippen molar-refractivity contribution in [3.05, 3.63) is 11.1 Å². The minimum Gasteiger partial charge on any atom is -0.480 e. The number of thiazole rings is 1. The number of nitrogens with two attached hydrogens (primary N) is 1. The maximum atomic E-state index is 10.8. The Morgan fingerprint density at radius 3 is 3.16 bits per heavy atom. The van der Waals surface area contributed by atoms with Crippen molar-refractivity contribution >= 4 is 22.4 Å². The van der Waals surface area contributed by atoms with Crippen LogP contribution < -0.4 is 10.6 Å². The Hall–Kier alpha value is -1.18. The number of aromatic nitrogens is 1. The van der Waals surface area contributed by atoms with E-state index in [0.29, 0.717) is 5.69 Å². The van der Waals surface area contributed by atoms with E-state index in [9.17, 15) is 4.79 Å². The molecule has 106 valence electrons. The van der Waals surface area contributed by atoms with Crippen molar-refractivity contribution in [3.63, 3.8) is 0 Å². The van der Waals surface area contributed by atoms with Gasteiger partial charge in [0.2, 0.25) is 0 Å². The number of rotatable bonds is 6. The third-order valence-electron chi connectivity index (χ3n) is 3.19. The van der Waals surface area contributed by atoms with Crippen molar-refractivity contribution in [3.8, 4) is 0 Å². The number of carboxylic acids is 1. The first kappa shape index (κ1) is 14.2. The molecule has 0 aliphatic carbocycles. The van der Waals surface area contributed by atoms with E-state index in [4.69, 9.17) is 15.6 Å². The first-order valence-electron chi connectivity index (χ1n) is 6.42. The molecule has 0 spiro atoms. The van der Waals surface area contributed by atoms with Gasteiger partial charge in [0.15, 0.2) is 5.13 Å². The second-order valence-corrected chi connectivity index (χ2v) is 5.38. The average molecular weight is 285 g/mol. The molecule has 1 aromatic rings. The highest BCUT2D eigenvalue weighted by Crippen LogP contribution is 2.25. The standard InChI is InChI=1S/C12H19N3O3S/c1-2-15(6-8-4-3-5-18-8)12-14-9(7-19-12)10(13)11(16)17/h7-8,10H,2-6,13H2,1H3,(H,16,17). The lowest BCUT2D eigenvalue weighted by Gasteiger charge is -2.23. The van der Waals surface area contributed by atoms with E-state index >= 15 is 0 Å². The fourth-order valence-electron chi connectivity index (χ4n) is 2.07. The van der Waals surface area contributed by atoms with Crippen LogP contribution in [0.15, 0.2) is 5.38 Å². The number of hydrogen-bond acceptors (Lipinski definition) is 6. The fraction of sp³-hybridized carbons (Fsp3) is 0.667. The third kappa shape index (κ3) is 3.43. The molecule has 0 amide bonds. The summed E-state index contributed by atoms with van der Waals surface area (Å²) >= 11 is 1.43. The molecule has 2 unspecified atom stereocenters.